The normalized spacial score (nSPS) is 27.6. The topological polar surface area (TPSA) is 29.9 Å². The maximum atomic E-state index is 4.34. The molecule has 1 saturated carbocycles. The lowest BCUT2D eigenvalue weighted by atomic mass is 9.86. The average molecular weight is 193 g/mol. The molecule has 2 rings (SSSR count). The van der Waals surface area contributed by atoms with Crippen molar-refractivity contribution in [3.63, 3.8) is 0 Å². The molecule has 0 unspecified atom stereocenters. The van der Waals surface area contributed by atoms with Gasteiger partial charge in [-0.05, 0) is 18.8 Å². The molecule has 1 N–H and O–H groups in total. The fraction of sp³-hybridized carbons (Fsp3) is 0.727. The smallest absolute Gasteiger partial charge is 0.148 e. The van der Waals surface area contributed by atoms with Gasteiger partial charge >= 0.3 is 0 Å². The number of nitrogens with one attached hydrogen (secondary N) is 1. The van der Waals surface area contributed by atoms with Crippen LogP contribution in [0, 0.1) is 5.92 Å². The van der Waals surface area contributed by atoms with Crippen molar-refractivity contribution in [1.82, 2.24) is 9.78 Å². The van der Waals surface area contributed by atoms with E-state index >= 15 is 0 Å². The summed E-state index contributed by atoms with van der Waals surface area (Å²) in [6.45, 7) is 2.33. The highest BCUT2D eigenvalue weighted by Crippen LogP contribution is 2.26. The van der Waals surface area contributed by atoms with Crippen LogP contribution in [0.3, 0.4) is 0 Å². The highest BCUT2D eigenvalue weighted by atomic mass is 15.3. The zero-order valence-corrected chi connectivity index (χ0v) is 9.03. The molecule has 1 aliphatic carbocycles. The number of hydrogen-bond acceptors (Lipinski definition) is 2. The molecule has 1 heterocycles. The van der Waals surface area contributed by atoms with Crippen LogP contribution in [0.15, 0.2) is 12.3 Å². The molecule has 78 valence electrons. The number of rotatable bonds is 2. The molecule has 1 fully saturated rings. The summed E-state index contributed by atoms with van der Waals surface area (Å²) < 4.78 is 1.84. The monoisotopic (exact) mass is 193 g/mol. The van der Waals surface area contributed by atoms with Gasteiger partial charge in [0.2, 0.25) is 0 Å². The molecule has 0 saturated heterocycles. The Hall–Kier alpha value is -0.990. The minimum absolute atomic E-state index is 0.624. The van der Waals surface area contributed by atoms with Gasteiger partial charge in [-0.3, -0.25) is 4.68 Å². The molecule has 1 aromatic rings. The van der Waals surface area contributed by atoms with Crippen LogP contribution in [-0.2, 0) is 7.05 Å². The largest absolute Gasteiger partial charge is 0.366 e. The van der Waals surface area contributed by atoms with Crippen molar-refractivity contribution in [3.05, 3.63) is 12.3 Å². The molecule has 0 aliphatic heterocycles. The Morgan fingerprint density at radius 3 is 2.86 bits per heavy atom. The predicted molar refractivity (Wildman–Crippen MR) is 58.3 cm³/mol. The lowest BCUT2D eigenvalue weighted by Gasteiger charge is -2.29. The van der Waals surface area contributed by atoms with E-state index in [-0.39, 0.29) is 0 Å². The molecule has 2 atom stereocenters. The van der Waals surface area contributed by atoms with Gasteiger partial charge < -0.3 is 5.32 Å². The molecule has 14 heavy (non-hydrogen) atoms. The minimum atomic E-state index is 0.624. The summed E-state index contributed by atoms with van der Waals surface area (Å²) in [6, 6.07) is 2.67. The van der Waals surface area contributed by atoms with Gasteiger partial charge in [0.1, 0.15) is 5.82 Å². The third-order valence-corrected chi connectivity index (χ3v) is 3.16. The molecule has 1 aliphatic rings. The average Bonchev–Trinajstić information content (AvgIpc) is 2.56. The van der Waals surface area contributed by atoms with Crippen LogP contribution in [-0.4, -0.2) is 15.8 Å². The van der Waals surface area contributed by atoms with E-state index in [0.717, 1.165) is 11.7 Å². The van der Waals surface area contributed by atoms with Crippen molar-refractivity contribution in [1.29, 1.82) is 0 Å². The molecular weight excluding hydrogens is 174 g/mol. The molecule has 0 bridgehead atoms. The predicted octanol–water partition coefficient (Wildman–Crippen LogP) is 2.41. The quantitative estimate of drug-likeness (QED) is 0.781. The first kappa shape index (κ1) is 9.56. The first-order chi connectivity index (χ1) is 6.75. The molecule has 3 heteroatoms. The Labute approximate surface area is 85.5 Å². The van der Waals surface area contributed by atoms with Crippen molar-refractivity contribution >= 4 is 5.82 Å². The summed E-state index contributed by atoms with van der Waals surface area (Å²) in [5, 5.41) is 7.86. The Balaban J connectivity index is 1.95. The molecule has 1 aromatic heterocycles. The van der Waals surface area contributed by atoms with E-state index in [9.17, 15) is 0 Å². The molecule has 0 aromatic carbocycles. The second-order valence-electron chi connectivity index (χ2n) is 4.39. The standard InChI is InChI=1S/C11H19N3/c1-9-5-3-4-6-10(9)12-11-7-8-14(2)13-11/h7-10H,3-6H2,1-2H3,(H,12,13)/t9-,10+/m0/s1. The van der Waals surface area contributed by atoms with Gasteiger partial charge in [-0.25, -0.2) is 0 Å². The van der Waals surface area contributed by atoms with Crippen molar-refractivity contribution in [2.75, 3.05) is 5.32 Å². The SMILES string of the molecule is C[C@H]1CCCC[C@H]1Nc1ccn(C)n1. The van der Waals surface area contributed by atoms with Crippen LogP contribution in [0.2, 0.25) is 0 Å². The molecule has 3 nitrogen and oxygen atoms in total. The van der Waals surface area contributed by atoms with Crippen LogP contribution in [0.25, 0.3) is 0 Å². The molecule has 0 spiro atoms. The van der Waals surface area contributed by atoms with Gasteiger partial charge in [-0.15, -0.1) is 0 Å². The fourth-order valence-electron chi connectivity index (χ4n) is 2.21. The first-order valence-electron chi connectivity index (χ1n) is 5.52. The van der Waals surface area contributed by atoms with Crippen molar-refractivity contribution in [3.8, 4) is 0 Å². The zero-order chi connectivity index (χ0) is 9.97. The van der Waals surface area contributed by atoms with E-state index < -0.39 is 0 Å². The summed E-state index contributed by atoms with van der Waals surface area (Å²) in [6.07, 6.45) is 7.37. The molecule has 0 radical (unpaired) electrons. The number of anilines is 1. The van der Waals surface area contributed by atoms with E-state index in [4.69, 9.17) is 0 Å². The van der Waals surface area contributed by atoms with Crippen LogP contribution in [0.4, 0.5) is 5.82 Å². The van der Waals surface area contributed by atoms with Crippen LogP contribution < -0.4 is 5.32 Å². The van der Waals surface area contributed by atoms with Crippen molar-refractivity contribution in [2.45, 2.75) is 38.6 Å². The summed E-state index contributed by atoms with van der Waals surface area (Å²) in [4.78, 5) is 0. The Bertz CT molecular complexity index is 292. The Kier molecular flexibility index (Phi) is 2.75. The second-order valence-corrected chi connectivity index (χ2v) is 4.39. The highest BCUT2D eigenvalue weighted by molar-refractivity contribution is 5.33. The lowest BCUT2D eigenvalue weighted by molar-refractivity contribution is 0.349. The first-order valence-corrected chi connectivity index (χ1v) is 5.52. The zero-order valence-electron chi connectivity index (χ0n) is 9.03. The number of aryl methyl sites for hydroxylation is 1. The van der Waals surface area contributed by atoms with Crippen LogP contribution in [0.1, 0.15) is 32.6 Å². The van der Waals surface area contributed by atoms with Crippen LogP contribution >= 0.6 is 0 Å². The van der Waals surface area contributed by atoms with Gasteiger partial charge in [0, 0.05) is 25.4 Å². The van der Waals surface area contributed by atoms with Crippen LogP contribution in [0.5, 0.6) is 0 Å². The third kappa shape index (κ3) is 2.08. The van der Waals surface area contributed by atoms with Gasteiger partial charge in [-0.2, -0.15) is 5.10 Å². The minimum Gasteiger partial charge on any atom is -0.366 e. The number of aromatic nitrogens is 2. The number of nitrogens with zero attached hydrogens (tertiary/aromatic N) is 2. The van der Waals surface area contributed by atoms with Gasteiger partial charge in [-0.1, -0.05) is 19.8 Å². The highest BCUT2D eigenvalue weighted by Gasteiger charge is 2.21. The molecular formula is C11H19N3. The Morgan fingerprint density at radius 2 is 2.21 bits per heavy atom. The Morgan fingerprint density at radius 1 is 1.43 bits per heavy atom. The van der Waals surface area contributed by atoms with E-state index in [1.807, 2.05) is 24.0 Å². The maximum absolute atomic E-state index is 4.34. The van der Waals surface area contributed by atoms with Gasteiger partial charge in [0.25, 0.3) is 0 Å². The van der Waals surface area contributed by atoms with Crippen molar-refractivity contribution in [2.24, 2.45) is 13.0 Å². The maximum Gasteiger partial charge on any atom is 0.148 e. The third-order valence-electron chi connectivity index (χ3n) is 3.16. The second kappa shape index (κ2) is 4.03. The van der Waals surface area contributed by atoms with E-state index in [2.05, 4.69) is 17.3 Å². The lowest BCUT2D eigenvalue weighted by Crippen LogP contribution is -2.30. The summed E-state index contributed by atoms with van der Waals surface area (Å²) in [5.41, 5.74) is 0. The number of hydrogen-bond donors (Lipinski definition) is 1. The molecule has 0 amide bonds. The van der Waals surface area contributed by atoms with Gasteiger partial charge in [0.05, 0.1) is 0 Å². The van der Waals surface area contributed by atoms with E-state index in [1.165, 1.54) is 25.7 Å². The summed E-state index contributed by atoms with van der Waals surface area (Å²) >= 11 is 0. The summed E-state index contributed by atoms with van der Waals surface area (Å²) in [5.74, 6) is 1.80. The van der Waals surface area contributed by atoms with Gasteiger partial charge in [0.15, 0.2) is 0 Å². The summed E-state index contributed by atoms with van der Waals surface area (Å²) in [7, 11) is 1.95. The van der Waals surface area contributed by atoms with E-state index in [1.54, 1.807) is 0 Å². The van der Waals surface area contributed by atoms with E-state index in [0.29, 0.717) is 6.04 Å². The van der Waals surface area contributed by atoms with Crippen molar-refractivity contribution < 1.29 is 0 Å². The fourth-order valence-corrected chi connectivity index (χ4v) is 2.21.